The van der Waals surface area contributed by atoms with Crippen molar-refractivity contribution in [3.8, 4) is 0 Å². The lowest BCUT2D eigenvalue weighted by Crippen LogP contribution is -2.66. The number of nitrogens with zero attached hydrogens (tertiary/aromatic N) is 1. The van der Waals surface area contributed by atoms with Crippen molar-refractivity contribution in [2.24, 2.45) is 34.0 Å². The number of halogens is 2. The van der Waals surface area contributed by atoms with Gasteiger partial charge >= 0.3 is 0 Å². The van der Waals surface area contributed by atoms with E-state index in [4.69, 9.17) is 16.4 Å². The van der Waals surface area contributed by atoms with Crippen LogP contribution in [0.4, 0.5) is 10.1 Å². The molecule has 37 heavy (non-hydrogen) atoms. The number of fused-ring (bicyclic) bond motifs is 7. The van der Waals surface area contributed by atoms with Crippen molar-refractivity contribution in [1.29, 1.82) is 0 Å². The first-order valence-corrected chi connectivity index (χ1v) is 14.6. The first-order chi connectivity index (χ1) is 17.4. The number of allylic oxidation sites excluding steroid dienone is 4. The van der Waals surface area contributed by atoms with Crippen molar-refractivity contribution in [2.45, 2.75) is 57.9 Å². The lowest BCUT2D eigenvalue weighted by atomic mass is 9.41. The van der Waals surface area contributed by atoms with Gasteiger partial charge in [0.15, 0.2) is 11.4 Å². The van der Waals surface area contributed by atoms with Crippen LogP contribution in [0, 0.1) is 34.0 Å². The van der Waals surface area contributed by atoms with Gasteiger partial charge in [0.1, 0.15) is 6.17 Å². The summed E-state index contributed by atoms with van der Waals surface area (Å²) in [6.07, 6.45) is 5.76. The summed E-state index contributed by atoms with van der Waals surface area (Å²) in [4.78, 5) is 32.8. The Kier molecular flexibility index (Phi) is 5.65. The summed E-state index contributed by atoms with van der Waals surface area (Å²) < 4.78 is 15.9. The quantitative estimate of drug-likeness (QED) is 0.524. The molecule has 4 fully saturated rings. The van der Waals surface area contributed by atoms with Gasteiger partial charge in [0.05, 0.1) is 18.3 Å². The molecule has 1 N–H and O–H groups in total. The van der Waals surface area contributed by atoms with Crippen molar-refractivity contribution in [3.63, 3.8) is 0 Å². The molecule has 0 aromatic heterocycles. The molecule has 198 valence electrons. The molecular weight excluding hydrogens is 513 g/mol. The number of hydrogen-bond donors (Lipinski definition) is 1. The highest BCUT2D eigenvalue weighted by atomic mass is 35.5. The normalized spacial score (nSPS) is 46.1. The van der Waals surface area contributed by atoms with E-state index in [1.54, 1.807) is 29.5 Å². The number of hydroxylamine groups is 1. The molecule has 0 amide bonds. The van der Waals surface area contributed by atoms with Crippen LogP contribution in [0.2, 0.25) is 5.02 Å². The number of alkyl halides is 1. The fraction of sp³-hybridized carbons (Fsp3) is 0.586. The maximum Gasteiger partial charge on any atom is 0.224 e. The van der Waals surface area contributed by atoms with Gasteiger partial charge in [0.25, 0.3) is 0 Å². The van der Waals surface area contributed by atoms with Gasteiger partial charge in [-0.15, -0.1) is 0 Å². The highest BCUT2D eigenvalue weighted by molar-refractivity contribution is 8.13. The van der Waals surface area contributed by atoms with Gasteiger partial charge in [0, 0.05) is 27.7 Å². The summed E-state index contributed by atoms with van der Waals surface area (Å²) in [5.41, 5.74) is -1.76. The first-order valence-electron chi connectivity index (χ1n) is 13.0. The van der Waals surface area contributed by atoms with Crippen molar-refractivity contribution in [1.82, 2.24) is 0 Å². The van der Waals surface area contributed by atoms with Crippen LogP contribution < -0.4 is 5.06 Å². The Morgan fingerprint density at radius 3 is 2.59 bits per heavy atom. The van der Waals surface area contributed by atoms with Crippen LogP contribution in [0.1, 0.15) is 40.0 Å². The number of hydrogen-bond acceptors (Lipinski definition) is 6. The van der Waals surface area contributed by atoms with Gasteiger partial charge in [-0.3, -0.25) is 19.5 Å². The van der Waals surface area contributed by atoms with Crippen molar-refractivity contribution >= 4 is 39.9 Å². The minimum absolute atomic E-state index is 0.0478. The summed E-state index contributed by atoms with van der Waals surface area (Å²) in [6, 6.07) is 7.37. The number of benzene rings is 1. The monoisotopic (exact) mass is 545 g/mol. The van der Waals surface area contributed by atoms with E-state index in [9.17, 15) is 14.7 Å². The molecule has 5 aliphatic rings. The molecule has 4 aliphatic carbocycles. The third kappa shape index (κ3) is 3.11. The molecule has 9 unspecified atom stereocenters. The summed E-state index contributed by atoms with van der Waals surface area (Å²) in [6.45, 7) is 6.75. The van der Waals surface area contributed by atoms with Gasteiger partial charge in [-0.1, -0.05) is 50.2 Å². The van der Waals surface area contributed by atoms with Gasteiger partial charge in [0.2, 0.25) is 5.12 Å². The van der Waals surface area contributed by atoms with Crippen LogP contribution >= 0.6 is 23.4 Å². The van der Waals surface area contributed by atoms with Crippen LogP contribution in [0.5, 0.6) is 0 Å². The van der Waals surface area contributed by atoms with E-state index in [1.165, 1.54) is 23.9 Å². The average molecular weight is 546 g/mol. The summed E-state index contributed by atoms with van der Waals surface area (Å²) in [5.74, 6) is -0.748. The molecule has 0 spiro atoms. The molecule has 6 rings (SSSR count). The van der Waals surface area contributed by atoms with Crippen molar-refractivity contribution in [2.75, 3.05) is 17.9 Å². The van der Waals surface area contributed by atoms with E-state index in [0.29, 0.717) is 30.0 Å². The number of aliphatic hydroxyl groups excluding tert-OH is 1. The van der Waals surface area contributed by atoms with E-state index in [-0.39, 0.29) is 35.1 Å². The number of carbonyl (C=O) groups excluding carboxylic acids is 2. The molecule has 3 saturated carbocycles. The van der Waals surface area contributed by atoms with Gasteiger partial charge in [-0.25, -0.2) is 4.39 Å². The van der Waals surface area contributed by atoms with Gasteiger partial charge in [-0.2, -0.15) is 0 Å². The van der Waals surface area contributed by atoms with Crippen LogP contribution in [-0.4, -0.2) is 46.7 Å². The van der Waals surface area contributed by atoms with Gasteiger partial charge in [-0.05, 0) is 78.8 Å². The zero-order valence-electron chi connectivity index (χ0n) is 21.5. The third-order valence-corrected chi connectivity index (χ3v) is 11.8. The Bertz CT molecular complexity index is 1240. The van der Waals surface area contributed by atoms with Crippen molar-refractivity contribution < 1.29 is 23.9 Å². The van der Waals surface area contributed by atoms with E-state index in [2.05, 4.69) is 13.8 Å². The Labute approximate surface area is 226 Å². The average Bonchev–Trinajstić information content (AvgIpc) is 3.31. The standard InChI is InChI=1S/C29H33ClFNO4S/c1-26-10-9-19(33)11-20(26)22(31)12-21-24(26)23(34)14-28(3)27(21,2)13-16-15-32(18-7-5-17(30)6-8-18)36-29(16,28)25(35)37-4/h5-11,16,21-24,34H,12-15H2,1-4H3. The molecule has 1 aliphatic heterocycles. The molecular formula is C29H33ClFNO4S. The second-order valence-corrected chi connectivity index (χ2v) is 13.4. The topological polar surface area (TPSA) is 66.8 Å². The highest BCUT2D eigenvalue weighted by Crippen LogP contribution is 2.76. The smallest absolute Gasteiger partial charge is 0.224 e. The predicted octanol–water partition coefficient (Wildman–Crippen LogP) is 5.56. The molecule has 8 heteroatoms. The van der Waals surface area contributed by atoms with E-state index < -0.39 is 34.1 Å². The molecule has 0 bridgehead atoms. The Morgan fingerprint density at radius 2 is 1.92 bits per heavy atom. The van der Waals surface area contributed by atoms with E-state index >= 15 is 4.39 Å². The number of rotatable bonds is 2. The lowest BCUT2D eigenvalue weighted by molar-refractivity contribution is -0.211. The lowest BCUT2D eigenvalue weighted by Gasteiger charge is -2.64. The predicted molar refractivity (Wildman–Crippen MR) is 143 cm³/mol. The van der Waals surface area contributed by atoms with Crippen molar-refractivity contribution in [3.05, 3.63) is 53.1 Å². The van der Waals surface area contributed by atoms with Crippen LogP contribution in [0.25, 0.3) is 0 Å². The Balaban J connectivity index is 1.45. The number of aliphatic hydroxyl groups is 1. The van der Waals surface area contributed by atoms with E-state index in [1.807, 2.05) is 19.1 Å². The summed E-state index contributed by atoms with van der Waals surface area (Å²) in [7, 11) is 0. The van der Waals surface area contributed by atoms with E-state index in [0.717, 1.165) is 5.69 Å². The maximum atomic E-state index is 15.9. The zero-order valence-corrected chi connectivity index (χ0v) is 23.1. The molecule has 1 saturated heterocycles. The molecule has 1 heterocycles. The fourth-order valence-corrected chi connectivity index (χ4v) is 9.91. The second kappa shape index (κ2) is 8.17. The number of anilines is 1. The largest absolute Gasteiger partial charge is 0.393 e. The third-order valence-electron chi connectivity index (χ3n) is 10.9. The second-order valence-electron chi connectivity index (χ2n) is 12.2. The Morgan fingerprint density at radius 1 is 1.22 bits per heavy atom. The minimum atomic E-state index is -1.27. The fourth-order valence-electron chi connectivity index (χ4n) is 9.05. The molecule has 0 radical (unpaired) electrons. The summed E-state index contributed by atoms with van der Waals surface area (Å²) in [5, 5.41) is 14.2. The number of thioether (sulfide) groups is 1. The number of carbonyl (C=O) groups is 2. The zero-order chi connectivity index (χ0) is 26.5. The number of ketones is 1. The minimum Gasteiger partial charge on any atom is -0.393 e. The molecule has 1 aromatic carbocycles. The maximum absolute atomic E-state index is 15.9. The highest BCUT2D eigenvalue weighted by Gasteiger charge is 2.80. The van der Waals surface area contributed by atoms with Crippen LogP contribution in [-0.2, 0) is 14.4 Å². The van der Waals surface area contributed by atoms with Gasteiger partial charge < -0.3 is 5.11 Å². The Hall–Kier alpha value is -1.67. The molecule has 9 atom stereocenters. The van der Waals surface area contributed by atoms with Crippen LogP contribution in [0.15, 0.2) is 48.1 Å². The van der Waals surface area contributed by atoms with Crippen LogP contribution in [0.3, 0.4) is 0 Å². The first kappa shape index (κ1) is 25.6. The molecule has 1 aromatic rings. The SMILES string of the molecule is CSC(=O)C12ON(c3ccc(Cl)cc3)CC1CC1(C)C3CC(F)C4=CC(=O)C=CC4(C)C3C(O)CC12C. The summed E-state index contributed by atoms with van der Waals surface area (Å²) >= 11 is 7.27. The molecule has 5 nitrogen and oxygen atoms in total.